The number of nitrogens with one attached hydrogen (secondary N) is 1. The first-order valence-corrected chi connectivity index (χ1v) is 8.90. The summed E-state index contributed by atoms with van der Waals surface area (Å²) in [6, 6.07) is 12.1. The number of rotatable bonds is 7. The van der Waals surface area contributed by atoms with Crippen LogP contribution in [0.3, 0.4) is 0 Å². The lowest BCUT2D eigenvalue weighted by Crippen LogP contribution is -2.25. The highest BCUT2D eigenvalue weighted by molar-refractivity contribution is 6.01. The van der Waals surface area contributed by atoms with Crippen LogP contribution < -0.4 is 14.8 Å². The number of anilines is 1. The molecule has 0 aliphatic carbocycles. The lowest BCUT2D eigenvalue weighted by atomic mass is 10.0. The molecule has 28 heavy (non-hydrogen) atoms. The van der Waals surface area contributed by atoms with Crippen LogP contribution >= 0.6 is 0 Å². The molecule has 2 aromatic rings. The van der Waals surface area contributed by atoms with E-state index in [2.05, 4.69) is 19.2 Å². The Morgan fingerprint density at radius 1 is 1.11 bits per heavy atom. The highest BCUT2D eigenvalue weighted by Crippen LogP contribution is 2.28. The molecule has 1 heterocycles. The number of ether oxygens (including phenoxy) is 3. The second-order valence-corrected chi connectivity index (χ2v) is 6.64. The molecule has 0 aromatic heterocycles. The van der Waals surface area contributed by atoms with Crippen molar-refractivity contribution in [3.8, 4) is 11.5 Å². The molecule has 0 bridgehead atoms. The number of benzene rings is 2. The van der Waals surface area contributed by atoms with Crippen LogP contribution in [0.1, 0.15) is 35.7 Å². The Balaban J connectivity index is 1.48. The summed E-state index contributed by atoms with van der Waals surface area (Å²) in [5.74, 6) is 0.131. The molecule has 0 atom stereocenters. The Bertz CT molecular complexity index is 888. The van der Waals surface area contributed by atoms with E-state index in [4.69, 9.17) is 14.2 Å². The number of amides is 1. The summed E-state index contributed by atoms with van der Waals surface area (Å²) in [5, 5.41) is 2.63. The van der Waals surface area contributed by atoms with Crippen molar-refractivity contribution in [2.45, 2.75) is 19.8 Å². The molecule has 7 heteroatoms. The van der Waals surface area contributed by atoms with Gasteiger partial charge in [-0.05, 0) is 41.8 Å². The van der Waals surface area contributed by atoms with Gasteiger partial charge in [0.2, 0.25) is 0 Å². The molecule has 0 saturated carbocycles. The zero-order chi connectivity index (χ0) is 20.1. The lowest BCUT2D eigenvalue weighted by Gasteiger charge is -2.18. The summed E-state index contributed by atoms with van der Waals surface area (Å²) in [5.41, 5.74) is 1.90. The molecule has 1 aliphatic heterocycles. The normalized spacial score (nSPS) is 12.6. The number of carbonyl (C=O) groups is 3. The molecular weight excluding hydrogens is 362 g/mol. The molecule has 0 saturated heterocycles. The van der Waals surface area contributed by atoms with E-state index in [0.29, 0.717) is 28.7 Å². The number of carbonyl (C=O) groups excluding carboxylic acids is 3. The minimum absolute atomic E-state index is 0.0574. The van der Waals surface area contributed by atoms with Gasteiger partial charge in [-0.25, -0.2) is 4.79 Å². The van der Waals surface area contributed by atoms with Crippen molar-refractivity contribution >= 4 is 23.3 Å². The fourth-order valence-corrected chi connectivity index (χ4v) is 2.62. The Hall–Kier alpha value is -3.35. The van der Waals surface area contributed by atoms with Crippen molar-refractivity contribution in [3.63, 3.8) is 0 Å². The first-order chi connectivity index (χ1) is 13.4. The van der Waals surface area contributed by atoms with E-state index < -0.39 is 18.4 Å². The van der Waals surface area contributed by atoms with E-state index >= 15 is 0 Å². The molecule has 1 amide bonds. The summed E-state index contributed by atoms with van der Waals surface area (Å²) in [6.07, 6.45) is 0. The smallest absolute Gasteiger partial charge is 0.344 e. The van der Waals surface area contributed by atoms with E-state index in [0.717, 1.165) is 0 Å². The Labute approximate surface area is 162 Å². The second-order valence-electron chi connectivity index (χ2n) is 6.64. The van der Waals surface area contributed by atoms with Crippen molar-refractivity contribution in [3.05, 3.63) is 53.6 Å². The average molecular weight is 383 g/mol. The first kappa shape index (κ1) is 19.4. The van der Waals surface area contributed by atoms with Gasteiger partial charge in [-0.2, -0.15) is 0 Å². The van der Waals surface area contributed by atoms with Crippen LogP contribution in [0.25, 0.3) is 0 Å². The van der Waals surface area contributed by atoms with E-state index in [1.807, 2.05) is 12.1 Å². The lowest BCUT2D eigenvalue weighted by molar-refractivity contribution is -0.144. The van der Waals surface area contributed by atoms with E-state index in [-0.39, 0.29) is 19.1 Å². The number of fused-ring (bicyclic) bond motifs is 1. The van der Waals surface area contributed by atoms with Crippen LogP contribution in [-0.2, 0) is 14.3 Å². The molecule has 0 fully saturated rings. The summed E-state index contributed by atoms with van der Waals surface area (Å²) in [4.78, 5) is 35.4. The molecule has 0 radical (unpaired) electrons. The SMILES string of the molecule is CC(C)c1ccc(OCC(=O)OCC(=O)c2ccc3c(c2)NC(=O)CO3)cc1. The van der Waals surface area contributed by atoms with Crippen molar-refractivity contribution in [2.24, 2.45) is 0 Å². The minimum Gasteiger partial charge on any atom is -0.482 e. The third-order valence-corrected chi connectivity index (χ3v) is 4.20. The third kappa shape index (κ3) is 4.88. The van der Waals surface area contributed by atoms with Gasteiger partial charge >= 0.3 is 5.97 Å². The first-order valence-electron chi connectivity index (χ1n) is 8.90. The number of Topliss-reactive ketones (excluding diaryl/α,β-unsaturated/α-hetero) is 1. The standard InChI is InChI=1S/C21H21NO6/c1-13(2)14-3-6-16(7-4-14)26-12-21(25)28-10-18(23)15-5-8-19-17(9-15)22-20(24)11-27-19/h3-9,13H,10-12H2,1-2H3,(H,22,24). The molecule has 1 N–H and O–H groups in total. The second kappa shape index (κ2) is 8.56. The molecule has 1 aliphatic rings. The number of hydrogen-bond acceptors (Lipinski definition) is 6. The Morgan fingerprint density at radius 3 is 2.57 bits per heavy atom. The van der Waals surface area contributed by atoms with Crippen LogP contribution in [-0.4, -0.2) is 37.5 Å². The predicted molar refractivity (Wildman–Crippen MR) is 102 cm³/mol. The number of esters is 1. The molecule has 0 spiro atoms. The van der Waals surface area contributed by atoms with Gasteiger partial charge in [0.05, 0.1) is 5.69 Å². The van der Waals surface area contributed by atoms with Gasteiger partial charge in [0, 0.05) is 5.56 Å². The summed E-state index contributed by atoms with van der Waals surface area (Å²) in [6.45, 7) is 3.42. The fraction of sp³-hybridized carbons (Fsp3) is 0.286. The topological polar surface area (TPSA) is 90.9 Å². The predicted octanol–water partition coefficient (Wildman–Crippen LogP) is 2.95. The van der Waals surface area contributed by atoms with Crippen molar-refractivity contribution in [2.75, 3.05) is 25.1 Å². The monoisotopic (exact) mass is 383 g/mol. The van der Waals surface area contributed by atoms with Gasteiger partial charge in [-0.3, -0.25) is 9.59 Å². The van der Waals surface area contributed by atoms with E-state index in [9.17, 15) is 14.4 Å². The van der Waals surface area contributed by atoms with Gasteiger partial charge in [-0.1, -0.05) is 26.0 Å². The maximum absolute atomic E-state index is 12.2. The number of ketones is 1. The highest BCUT2D eigenvalue weighted by atomic mass is 16.6. The molecule has 2 aromatic carbocycles. The van der Waals surface area contributed by atoms with Crippen molar-refractivity contribution < 1.29 is 28.6 Å². The maximum Gasteiger partial charge on any atom is 0.344 e. The number of hydrogen-bond donors (Lipinski definition) is 1. The maximum atomic E-state index is 12.2. The molecular formula is C21H21NO6. The average Bonchev–Trinajstić information content (AvgIpc) is 2.70. The quantitative estimate of drug-likeness (QED) is 0.584. The van der Waals surface area contributed by atoms with Gasteiger partial charge < -0.3 is 19.5 Å². The van der Waals surface area contributed by atoms with E-state index in [1.54, 1.807) is 24.3 Å². The fourth-order valence-electron chi connectivity index (χ4n) is 2.62. The Morgan fingerprint density at radius 2 is 1.86 bits per heavy atom. The summed E-state index contributed by atoms with van der Waals surface area (Å²) in [7, 11) is 0. The van der Waals surface area contributed by atoms with Crippen LogP contribution in [0.15, 0.2) is 42.5 Å². The van der Waals surface area contributed by atoms with Crippen LogP contribution in [0, 0.1) is 0 Å². The zero-order valence-corrected chi connectivity index (χ0v) is 15.7. The van der Waals surface area contributed by atoms with Crippen LogP contribution in [0.4, 0.5) is 5.69 Å². The summed E-state index contributed by atoms with van der Waals surface area (Å²) < 4.78 is 15.6. The van der Waals surface area contributed by atoms with Crippen molar-refractivity contribution in [1.29, 1.82) is 0 Å². The third-order valence-electron chi connectivity index (χ3n) is 4.20. The van der Waals surface area contributed by atoms with Crippen LogP contribution in [0.2, 0.25) is 0 Å². The highest BCUT2D eigenvalue weighted by Gasteiger charge is 2.18. The van der Waals surface area contributed by atoms with Crippen LogP contribution in [0.5, 0.6) is 11.5 Å². The van der Waals surface area contributed by atoms with Gasteiger partial charge in [0.15, 0.2) is 25.6 Å². The van der Waals surface area contributed by atoms with Gasteiger partial charge in [0.25, 0.3) is 5.91 Å². The zero-order valence-electron chi connectivity index (χ0n) is 15.7. The van der Waals surface area contributed by atoms with E-state index in [1.165, 1.54) is 11.6 Å². The molecule has 146 valence electrons. The van der Waals surface area contributed by atoms with Crippen molar-refractivity contribution in [1.82, 2.24) is 0 Å². The summed E-state index contributed by atoms with van der Waals surface area (Å²) >= 11 is 0. The molecule has 3 rings (SSSR count). The van der Waals surface area contributed by atoms with Gasteiger partial charge in [-0.15, -0.1) is 0 Å². The largest absolute Gasteiger partial charge is 0.482 e. The minimum atomic E-state index is -0.643. The molecule has 0 unspecified atom stereocenters. The Kier molecular flexibility index (Phi) is 5.93. The van der Waals surface area contributed by atoms with Gasteiger partial charge in [0.1, 0.15) is 11.5 Å². The molecule has 7 nitrogen and oxygen atoms in total.